The van der Waals surface area contributed by atoms with Gasteiger partial charge in [0.25, 0.3) is 17.7 Å². The Morgan fingerprint density at radius 2 is 2.00 bits per heavy atom. The van der Waals surface area contributed by atoms with Gasteiger partial charge >= 0.3 is 5.97 Å². The first-order chi connectivity index (χ1) is 13.9. The second-order valence-electron chi connectivity index (χ2n) is 6.86. The quantitative estimate of drug-likeness (QED) is 0.694. The van der Waals surface area contributed by atoms with Gasteiger partial charge in [-0.25, -0.2) is 0 Å². The second-order valence-corrected chi connectivity index (χ2v) is 6.86. The third-order valence-corrected chi connectivity index (χ3v) is 4.82. The summed E-state index contributed by atoms with van der Waals surface area (Å²) in [4.78, 5) is 49.6. The fourth-order valence-corrected chi connectivity index (χ4v) is 3.43. The Morgan fingerprint density at radius 3 is 2.72 bits per heavy atom. The number of aliphatic carboxylic acids is 1. The van der Waals surface area contributed by atoms with Crippen LogP contribution in [0.3, 0.4) is 0 Å². The lowest BCUT2D eigenvalue weighted by molar-refractivity contribution is -0.137. The minimum atomic E-state index is -1.06. The number of carboxylic acids is 1. The molecule has 29 heavy (non-hydrogen) atoms. The van der Waals surface area contributed by atoms with Crippen LogP contribution in [0.2, 0.25) is 0 Å². The molecule has 2 aromatic rings. The van der Waals surface area contributed by atoms with Crippen molar-refractivity contribution in [2.75, 3.05) is 18.5 Å². The Bertz CT molecular complexity index is 1010. The highest BCUT2D eigenvalue weighted by atomic mass is 16.5. The summed E-state index contributed by atoms with van der Waals surface area (Å²) in [7, 11) is 0. The fraction of sp³-hybridized carbons (Fsp3) is 0.316. The molecule has 3 amide bonds. The van der Waals surface area contributed by atoms with Crippen LogP contribution in [0.4, 0.5) is 5.82 Å². The van der Waals surface area contributed by atoms with E-state index in [4.69, 9.17) is 9.84 Å². The lowest BCUT2D eigenvalue weighted by Crippen LogP contribution is -2.36. The molecular weight excluding hydrogens is 380 g/mol. The smallest absolute Gasteiger partial charge is 0.325 e. The summed E-state index contributed by atoms with van der Waals surface area (Å²) in [6.07, 6.45) is 2.98. The number of hydrogen-bond acceptors (Lipinski definition) is 6. The average molecular weight is 398 g/mol. The summed E-state index contributed by atoms with van der Waals surface area (Å²) in [5, 5.41) is 15.3. The van der Waals surface area contributed by atoms with Gasteiger partial charge in [-0.15, -0.1) is 0 Å². The van der Waals surface area contributed by atoms with Gasteiger partial charge in [-0.1, -0.05) is 0 Å². The van der Waals surface area contributed by atoms with Crippen LogP contribution in [0.15, 0.2) is 30.5 Å². The molecule has 1 aromatic carbocycles. The van der Waals surface area contributed by atoms with Gasteiger partial charge in [-0.05, 0) is 31.0 Å². The number of anilines is 1. The van der Waals surface area contributed by atoms with Crippen LogP contribution in [0, 0.1) is 0 Å². The molecule has 1 atom stereocenters. The predicted molar refractivity (Wildman–Crippen MR) is 98.6 cm³/mol. The van der Waals surface area contributed by atoms with E-state index in [-0.39, 0.29) is 47.6 Å². The molecule has 4 rings (SSSR count). The van der Waals surface area contributed by atoms with Gasteiger partial charge in [0.1, 0.15) is 6.54 Å². The van der Waals surface area contributed by atoms with Crippen molar-refractivity contribution < 1.29 is 29.0 Å². The average Bonchev–Trinajstić information content (AvgIpc) is 3.40. The predicted octanol–water partition coefficient (Wildman–Crippen LogP) is 0.995. The summed E-state index contributed by atoms with van der Waals surface area (Å²) in [5.41, 5.74) is 0.629. The Kier molecular flexibility index (Phi) is 4.85. The first kappa shape index (κ1) is 18.8. The summed E-state index contributed by atoms with van der Waals surface area (Å²) in [6.45, 7) is 0.501. The number of carboxylic acid groups (broad SMARTS) is 1. The molecule has 1 fully saturated rings. The molecule has 0 saturated carbocycles. The van der Waals surface area contributed by atoms with Crippen molar-refractivity contribution in [3.63, 3.8) is 0 Å². The Labute approximate surface area is 165 Å². The van der Waals surface area contributed by atoms with Gasteiger partial charge in [0.2, 0.25) is 0 Å². The van der Waals surface area contributed by atoms with E-state index < -0.39 is 17.8 Å². The largest absolute Gasteiger partial charge is 0.480 e. The molecule has 1 saturated heterocycles. The van der Waals surface area contributed by atoms with Crippen LogP contribution < -0.4 is 5.32 Å². The highest BCUT2D eigenvalue weighted by Gasteiger charge is 2.38. The van der Waals surface area contributed by atoms with E-state index in [0.29, 0.717) is 6.61 Å². The SMILES string of the molecule is O=C(O)Cn1ccc(NC(=O)c2ccc3c(c2)C(=O)N(CC2CCCO2)C3=O)n1. The summed E-state index contributed by atoms with van der Waals surface area (Å²) in [6, 6.07) is 5.77. The minimum absolute atomic E-state index is 0.152. The van der Waals surface area contributed by atoms with Crippen molar-refractivity contribution in [2.45, 2.75) is 25.5 Å². The van der Waals surface area contributed by atoms with E-state index in [9.17, 15) is 19.2 Å². The third-order valence-electron chi connectivity index (χ3n) is 4.82. The maximum absolute atomic E-state index is 12.7. The Balaban J connectivity index is 1.48. The number of fused-ring (bicyclic) bond motifs is 1. The number of nitrogens with one attached hydrogen (secondary N) is 1. The second kappa shape index (κ2) is 7.47. The van der Waals surface area contributed by atoms with Gasteiger partial charge in [0.15, 0.2) is 5.82 Å². The van der Waals surface area contributed by atoms with E-state index in [1.54, 1.807) is 0 Å². The molecule has 1 unspecified atom stereocenters. The van der Waals surface area contributed by atoms with Crippen molar-refractivity contribution in [2.24, 2.45) is 0 Å². The summed E-state index contributed by atoms with van der Waals surface area (Å²) in [5.74, 6) is -2.23. The molecule has 0 spiro atoms. The minimum Gasteiger partial charge on any atom is -0.480 e. The number of amides is 3. The van der Waals surface area contributed by atoms with Crippen molar-refractivity contribution in [3.8, 4) is 0 Å². The molecule has 2 N–H and O–H groups in total. The van der Waals surface area contributed by atoms with E-state index in [2.05, 4.69) is 10.4 Å². The van der Waals surface area contributed by atoms with Crippen LogP contribution in [0.5, 0.6) is 0 Å². The van der Waals surface area contributed by atoms with Crippen molar-refractivity contribution >= 4 is 29.5 Å². The zero-order valence-corrected chi connectivity index (χ0v) is 15.3. The molecule has 0 aliphatic carbocycles. The molecule has 150 valence electrons. The van der Waals surface area contributed by atoms with Crippen LogP contribution in [0.1, 0.15) is 43.9 Å². The van der Waals surface area contributed by atoms with Crippen LogP contribution in [-0.2, 0) is 16.1 Å². The highest BCUT2D eigenvalue weighted by Crippen LogP contribution is 2.26. The van der Waals surface area contributed by atoms with Gasteiger partial charge in [0.05, 0.1) is 23.8 Å². The summed E-state index contributed by atoms with van der Waals surface area (Å²) < 4.78 is 6.68. The first-order valence-corrected chi connectivity index (χ1v) is 9.11. The standard InChI is InChI=1S/C19H18N4O6/c24-16(25)10-22-6-5-15(21-22)20-17(26)11-3-4-13-14(8-11)19(28)23(18(13)27)9-12-2-1-7-29-12/h3-6,8,12H,1-2,7,9-10H2,(H,24,25)(H,20,21,26). The maximum atomic E-state index is 12.7. The molecule has 3 heterocycles. The van der Waals surface area contributed by atoms with Gasteiger partial charge in [-0.3, -0.25) is 28.8 Å². The molecule has 0 bridgehead atoms. The van der Waals surface area contributed by atoms with E-state index in [0.717, 1.165) is 17.7 Å². The number of ether oxygens (including phenoxy) is 1. The lowest BCUT2D eigenvalue weighted by atomic mass is 10.1. The van der Waals surface area contributed by atoms with Crippen molar-refractivity contribution in [1.82, 2.24) is 14.7 Å². The van der Waals surface area contributed by atoms with E-state index in [1.807, 2.05) is 0 Å². The molecule has 0 radical (unpaired) electrons. The maximum Gasteiger partial charge on any atom is 0.325 e. The molecule has 10 nitrogen and oxygen atoms in total. The van der Waals surface area contributed by atoms with Gasteiger partial charge in [0, 0.05) is 24.4 Å². The molecule has 2 aliphatic rings. The lowest BCUT2D eigenvalue weighted by Gasteiger charge is -2.17. The number of benzene rings is 1. The zero-order valence-electron chi connectivity index (χ0n) is 15.3. The van der Waals surface area contributed by atoms with E-state index in [1.165, 1.54) is 35.1 Å². The van der Waals surface area contributed by atoms with Crippen LogP contribution in [0.25, 0.3) is 0 Å². The number of rotatable bonds is 6. The summed E-state index contributed by atoms with van der Waals surface area (Å²) >= 11 is 0. The number of aromatic nitrogens is 2. The normalized spacial score (nSPS) is 18.2. The third kappa shape index (κ3) is 3.74. The van der Waals surface area contributed by atoms with Crippen molar-refractivity contribution in [1.29, 1.82) is 0 Å². The number of imide groups is 1. The Morgan fingerprint density at radius 1 is 1.21 bits per heavy atom. The topological polar surface area (TPSA) is 131 Å². The molecule has 2 aliphatic heterocycles. The highest BCUT2D eigenvalue weighted by molar-refractivity contribution is 6.22. The van der Waals surface area contributed by atoms with Crippen LogP contribution in [-0.4, -0.2) is 62.7 Å². The number of carbonyl (C=O) groups excluding carboxylic acids is 3. The molecule has 1 aromatic heterocycles. The number of carbonyl (C=O) groups is 4. The van der Waals surface area contributed by atoms with Crippen molar-refractivity contribution in [3.05, 3.63) is 47.2 Å². The monoisotopic (exact) mass is 398 g/mol. The fourth-order valence-electron chi connectivity index (χ4n) is 3.43. The first-order valence-electron chi connectivity index (χ1n) is 9.11. The van der Waals surface area contributed by atoms with Crippen LogP contribution >= 0.6 is 0 Å². The number of nitrogens with zero attached hydrogens (tertiary/aromatic N) is 3. The van der Waals surface area contributed by atoms with E-state index >= 15 is 0 Å². The number of hydrogen-bond donors (Lipinski definition) is 2. The van der Waals surface area contributed by atoms with Gasteiger partial charge in [-0.2, -0.15) is 5.10 Å². The molecule has 10 heteroatoms. The molecular formula is C19H18N4O6. The zero-order chi connectivity index (χ0) is 20.5. The Hall–Kier alpha value is -3.53. The van der Waals surface area contributed by atoms with Gasteiger partial charge < -0.3 is 15.2 Å².